The van der Waals surface area contributed by atoms with Crippen LogP contribution in [-0.2, 0) is 9.53 Å². The fraction of sp³-hybridized carbons (Fsp3) is 0.333. The summed E-state index contributed by atoms with van der Waals surface area (Å²) in [5, 5.41) is 0.985. The molecule has 1 unspecified atom stereocenters. The van der Waals surface area contributed by atoms with Crippen molar-refractivity contribution >= 4 is 16.9 Å². The summed E-state index contributed by atoms with van der Waals surface area (Å²) >= 11 is 0. The number of para-hydroxylation sites is 1. The van der Waals surface area contributed by atoms with E-state index in [0.29, 0.717) is 12.4 Å². The first-order chi connectivity index (χ1) is 9.11. The van der Waals surface area contributed by atoms with Gasteiger partial charge in [0.15, 0.2) is 6.10 Å². The van der Waals surface area contributed by atoms with Gasteiger partial charge in [-0.05, 0) is 32.9 Å². The first-order valence-corrected chi connectivity index (χ1v) is 6.31. The van der Waals surface area contributed by atoms with E-state index in [4.69, 9.17) is 9.47 Å². The van der Waals surface area contributed by atoms with Crippen LogP contribution in [0.25, 0.3) is 10.9 Å². The summed E-state index contributed by atoms with van der Waals surface area (Å²) < 4.78 is 10.6. The lowest BCUT2D eigenvalue weighted by Gasteiger charge is -2.14. The van der Waals surface area contributed by atoms with E-state index in [0.717, 1.165) is 16.6 Å². The summed E-state index contributed by atoms with van der Waals surface area (Å²) in [5.41, 5.74) is 1.67. The minimum atomic E-state index is -0.645. The van der Waals surface area contributed by atoms with E-state index in [2.05, 4.69) is 4.98 Å². The number of esters is 1. The van der Waals surface area contributed by atoms with E-state index >= 15 is 0 Å². The second-order valence-corrected chi connectivity index (χ2v) is 4.29. The van der Waals surface area contributed by atoms with E-state index in [9.17, 15) is 4.79 Å². The molecule has 0 saturated carbocycles. The van der Waals surface area contributed by atoms with Crippen LogP contribution >= 0.6 is 0 Å². The standard InChI is InChI=1S/C15H17NO3/c1-4-18-15(17)11(3)19-13-7-5-6-12-9-8-10(2)16-14(12)13/h5-9,11H,4H2,1-3H3. The average Bonchev–Trinajstić information content (AvgIpc) is 2.39. The van der Waals surface area contributed by atoms with Crippen LogP contribution in [0.15, 0.2) is 30.3 Å². The Morgan fingerprint density at radius 2 is 2.11 bits per heavy atom. The molecular weight excluding hydrogens is 242 g/mol. The molecule has 4 nitrogen and oxygen atoms in total. The lowest BCUT2D eigenvalue weighted by molar-refractivity contribution is -0.150. The lowest BCUT2D eigenvalue weighted by atomic mass is 10.2. The van der Waals surface area contributed by atoms with Gasteiger partial charge in [-0.15, -0.1) is 0 Å². The molecule has 0 aliphatic rings. The van der Waals surface area contributed by atoms with Gasteiger partial charge in [0, 0.05) is 11.1 Å². The van der Waals surface area contributed by atoms with Gasteiger partial charge in [-0.2, -0.15) is 0 Å². The molecule has 1 heterocycles. The molecule has 0 spiro atoms. The molecule has 100 valence electrons. The minimum Gasteiger partial charge on any atom is -0.477 e. The summed E-state index contributed by atoms with van der Waals surface area (Å²) in [7, 11) is 0. The highest BCUT2D eigenvalue weighted by atomic mass is 16.6. The Bertz CT molecular complexity index is 595. The molecule has 0 aliphatic carbocycles. The van der Waals surface area contributed by atoms with Crippen LogP contribution in [-0.4, -0.2) is 23.7 Å². The van der Waals surface area contributed by atoms with Crippen LogP contribution in [0, 0.1) is 6.92 Å². The molecule has 0 fully saturated rings. The maximum atomic E-state index is 11.6. The lowest BCUT2D eigenvalue weighted by Crippen LogP contribution is -2.26. The molecule has 4 heteroatoms. The number of pyridine rings is 1. The van der Waals surface area contributed by atoms with Crippen molar-refractivity contribution in [2.75, 3.05) is 6.61 Å². The predicted octanol–water partition coefficient (Wildman–Crippen LogP) is 2.87. The van der Waals surface area contributed by atoms with Crippen molar-refractivity contribution in [3.63, 3.8) is 0 Å². The molecule has 2 aromatic rings. The highest BCUT2D eigenvalue weighted by Gasteiger charge is 2.17. The molecule has 0 N–H and O–H groups in total. The summed E-state index contributed by atoms with van der Waals surface area (Å²) in [5.74, 6) is 0.230. The summed E-state index contributed by atoms with van der Waals surface area (Å²) in [6.07, 6.45) is -0.645. The number of rotatable bonds is 4. The Hall–Kier alpha value is -2.10. The summed E-state index contributed by atoms with van der Waals surface area (Å²) in [6, 6.07) is 9.58. The average molecular weight is 259 g/mol. The molecule has 1 aromatic heterocycles. The van der Waals surface area contributed by atoms with E-state index < -0.39 is 6.10 Å². The maximum absolute atomic E-state index is 11.6. The van der Waals surface area contributed by atoms with Crippen LogP contribution in [0.3, 0.4) is 0 Å². The number of hydrogen-bond acceptors (Lipinski definition) is 4. The van der Waals surface area contributed by atoms with Gasteiger partial charge in [-0.1, -0.05) is 18.2 Å². The number of carbonyl (C=O) groups is 1. The van der Waals surface area contributed by atoms with Gasteiger partial charge in [-0.3, -0.25) is 0 Å². The van der Waals surface area contributed by atoms with Crippen LogP contribution < -0.4 is 4.74 Å². The van der Waals surface area contributed by atoms with Crippen molar-refractivity contribution in [3.05, 3.63) is 36.0 Å². The summed E-state index contributed by atoms with van der Waals surface area (Å²) in [6.45, 7) is 5.71. The number of benzene rings is 1. The van der Waals surface area contributed by atoms with Gasteiger partial charge in [0.05, 0.1) is 6.61 Å². The van der Waals surface area contributed by atoms with Gasteiger partial charge in [-0.25, -0.2) is 9.78 Å². The van der Waals surface area contributed by atoms with Crippen LogP contribution in [0.1, 0.15) is 19.5 Å². The molecule has 0 saturated heterocycles. The fourth-order valence-corrected chi connectivity index (χ4v) is 1.81. The highest BCUT2D eigenvalue weighted by molar-refractivity contribution is 5.85. The van der Waals surface area contributed by atoms with Gasteiger partial charge in [0.2, 0.25) is 0 Å². The van der Waals surface area contributed by atoms with Crippen molar-refractivity contribution < 1.29 is 14.3 Å². The molecule has 0 amide bonds. The van der Waals surface area contributed by atoms with Gasteiger partial charge < -0.3 is 9.47 Å². The molecule has 0 radical (unpaired) electrons. The normalized spacial score (nSPS) is 12.2. The number of fused-ring (bicyclic) bond motifs is 1. The zero-order valence-corrected chi connectivity index (χ0v) is 11.3. The molecule has 0 bridgehead atoms. The first-order valence-electron chi connectivity index (χ1n) is 6.31. The third kappa shape index (κ3) is 3.02. The van der Waals surface area contributed by atoms with Crippen molar-refractivity contribution in [2.45, 2.75) is 26.9 Å². The summed E-state index contributed by atoms with van der Waals surface area (Å²) in [4.78, 5) is 16.0. The molecule has 1 aromatic carbocycles. The molecule has 1 atom stereocenters. The van der Waals surface area contributed by atoms with E-state index in [1.54, 1.807) is 13.8 Å². The highest BCUT2D eigenvalue weighted by Crippen LogP contribution is 2.25. The predicted molar refractivity (Wildman–Crippen MR) is 73.2 cm³/mol. The monoisotopic (exact) mass is 259 g/mol. The van der Waals surface area contributed by atoms with Gasteiger partial charge >= 0.3 is 5.97 Å². The number of nitrogens with zero attached hydrogens (tertiary/aromatic N) is 1. The van der Waals surface area contributed by atoms with Crippen molar-refractivity contribution in [1.82, 2.24) is 4.98 Å². The quantitative estimate of drug-likeness (QED) is 0.792. The van der Waals surface area contributed by atoms with Crippen LogP contribution in [0.2, 0.25) is 0 Å². The van der Waals surface area contributed by atoms with Crippen LogP contribution in [0.4, 0.5) is 0 Å². The minimum absolute atomic E-state index is 0.347. The first kappa shape index (κ1) is 13.3. The van der Waals surface area contributed by atoms with Crippen LogP contribution in [0.5, 0.6) is 5.75 Å². The molecule has 0 aliphatic heterocycles. The van der Waals surface area contributed by atoms with E-state index in [1.807, 2.05) is 37.3 Å². The molecular formula is C15H17NO3. The Balaban J connectivity index is 2.30. The SMILES string of the molecule is CCOC(=O)C(C)Oc1cccc2ccc(C)nc12. The fourth-order valence-electron chi connectivity index (χ4n) is 1.81. The Morgan fingerprint density at radius 3 is 2.84 bits per heavy atom. The third-order valence-corrected chi connectivity index (χ3v) is 2.74. The second kappa shape index (κ2) is 5.69. The Labute approximate surface area is 112 Å². The number of hydrogen-bond donors (Lipinski definition) is 0. The third-order valence-electron chi connectivity index (χ3n) is 2.74. The van der Waals surface area contributed by atoms with E-state index in [1.165, 1.54) is 0 Å². The number of carbonyl (C=O) groups excluding carboxylic acids is 1. The van der Waals surface area contributed by atoms with Crippen molar-refractivity contribution in [3.8, 4) is 5.75 Å². The number of aryl methyl sites for hydroxylation is 1. The Kier molecular flexibility index (Phi) is 4.00. The second-order valence-electron chi connectivity index (χ2n) is 4.29. The smallest absolute Gasteiger partial charge is 0.347 e. The number of ether oxygens (including phenoxy) is 2. The molecule has 19 heavy (non-hydrogen) atoms. The number of aromatic nitrogens is 1. The van der Waals surface area contributed by atoms with Gasteiger partial charge in [0.1, 0.15) is 11.3 Å². The van der Waals surface area contributed by atoms with Crippen molar-refractivity contribution in [2.24, 2.45) is 0 Å². The zero-order chi connectivity index (χ0) is 13.8. The largest absolute Gasteiger partial charge is 0.477 e. The zero-order valence-electron chi connectivity index (χ0n) is 11.3. The topological polar surface area (TPSA) is 48.4 Å². The van der Waals surface area contributed by atoms with E-state index in [-0.39, 0.29) is 5.97 Å². The van der Waals surface area contributed by atoms with Crippen molar-refractivity contribution in [1.29, 1.82) is 0 Å². The van der Waals surface area contributed by atoms with Gasteiger partial charge in [0.25, 0.3) is 0 Å². The Morgan fingerprint density at radius 1 is 1.32 bits per heavy atom. The molecule has 2 rings (SSSR count). The maximum Gasteiger partial charge on any atom is 0.347 e.